The Kier molecular flexibility index (Phi) is 3.97. The highest BCUT2D eigenvalue weighted by Gasteiger charge is 2.11. The van der Waals surface area contributed by atoms with Crippen molar-refractivity contribution in [3.63, 3.8) is 0 Å². The predicted octanol–water partition coefficient (Wildman–Crippen LogP) is 2.61. The largest absolute Gasteiger partial charge is 0.377 e. The van der Waals surface area contributed by atoms with Crippen molar-refractivity contribution in [1.82, 2.24) is 15.2 Å². The number of hydrogen-bond donors (Lipinski definition) is 1. The number of hydrogen-bond acceptors (Lipinski definition) is 4. The van der Waals surface area contributed by atoms with Crippen molar-refractivity contribution in [3.05, 3.63) is 30.1 Å². The number of H-pyrrole nitrogens is 1. The van der Waals surface area contributed by atoms with E-state index < -0.39 is 0 Å². The highest BCUT2D eigenvalue weighted by molar-refractivity contribution is 5.60. The average Bonchev–Trinajstić information content (AvgIpc) is 2.97. The Morgan fingerprint density at radius 2 is 1.90 bits per heavy atom. The topological polar surface area (TPSA) is 54.0 Å². The number of methoxy groups -OCH3 is 1. The van der Waals surface area contributed by atoms with Gasteiger partial charge in [0.25, 0.3) is 0 Å². The van der Waals surface area contributed by atoms with Crippen LogP contribution >= 0.6 is 0 Å². The van der Waals surface area contributed by atoms with Gasteiger partial charge in [-0.15, -0.1) is 0 Å². The number of aromatic nitrogens is 3. The third kappa shape index (κ3) is 2.82. The fourth-order valence-corrected chi connectivity index (χ4v) is 2.60. The summed E-state index contributed by atoms with van der Waals surface area (Å²) in [6.07, 6.45) is 3.94. The molecule has 1 fully saturated rings. The van der Waals surface area contributed by atoms with Crippen molar-refractivity contribution in [3.8, 4) is 11.4 Å². The third-order valence-electron chi connectivity index (χ3n) is 3.66. The fraction of sp³-hybridized carbons (Fsp3) is 0.467. The number of nitrogens with zero attached hydrogens (tertiary/aromatic N) is 3. The molecule has 3 rings (SSSR count). The van der Waals surface area contributed by atoms with Crippen LogP contribution in [0.3, 0.4) is 0 Å². The van der Waals surface area contributed by atoms with Crippen LogP contribution in [0.25, 0.3) is 11.4 Å². The van der Waals surface area contributed by atoms with Gasteiger partial charge >= 0.3 is 0 Å². The molecule has 106 valence electrons. The third-order valence-corrected chi connectivity index (χ3v) is 3.66. The van der Waals surface area contributed by atoms with Gasteiger partial charge in [0.2, 0.25) is 0 Å². The molecule has 0 bridgehead atoms. The van der Waals surface area contributed by atoms with Crippen molar-refractivity contribution in [2.45, 2.75) is 25.9 Å². The molecule has 0 amide bonds. The Bertz CT molecular complexity index is 543. The van der Waals surface area contributed by atoms with Gasteiger partial charge in [-0.1, -0.05) is 0 Å². The Hall–Kier alpha value is -1.88. The molecule has 5 heteroatoms. The van der Waals surface area contributed by atoms with Crippen molar-refractivity contribution < 1.29 is 4.74 Å². The lowest BCUT2D eigenvalue weighted by Crippen LogP contribution is -2.29. The fourth-order valence-electron chi connectivity index (χ4n) is 2.60. The van der Waals surface area contributed by atoms with Crippen LogP contribution < -0.4 is 4.90 Å². The van der Waals surface area contributed by atoms with Gasteiger partial charge in [-0.3, -0.25) is 5.10 Å². The van der Waals surface area contributed by atoms with E-state index in [1.54, 1.807) is 7.11 Å². The van der Waals surface area contributed by atoms with Crippen LogP contribution in [0.5, 0.6) is 0 Å². The molecule has 1 N–H and O–H groups in total. The lowest BCUT2D eigenvalue weighted by molar-refractivity contribution is 0.178. The summed E-state index contributed by atoms with van der Waals surface area (Å²) >= 11 is 0. The number of benzene rings is 1. The quantitative estimate of drug-likeness (QED) is 0.929. The van der Waals surface area contributed by atoms with Gasteiger partial charge in [0.05, 0.1) is 0 Å². The summed E-state index contributed by atoms with van der Waals surface area (Å²) in [5.74, 6) is 1.48. The maximum Gasteiger partial charge on any atom is 0.181 e. The molecule has 0 saturated carbocycles. The lowest BCUT2D eigenvalue weighted by Gasteiger charge is -2.28. The molecule has 0 atom stereocenters. The van der Waals surface area contributed by atoms with E-state index >= 15 is 0 Å². The first kappa shape index (κ1) is 13.1. The summed E-state index contributed by atoms with van der Waals surface area (Å²) in [5, 5.41) is 7.10. The summed E-state index contributed by atoms with van der Waals surface area (Å²) < 4.78 is 5.04. The summed E-state index contributed by atoms with van der Waals surface area (Å²) in [6.45, 7) is 2.79. The van der Waals surface area contributed by atoms with Gasteiger partial charge in [0.1, 0.15) is 6.61 Å². The van der Waals surface area contributed by atoms with Crippen LogP contribution in [-0.4, -0.2) is 35.4 Å². The average molecular weight is 272 g/mol. The van der Waals surface area contributed by atoms with Gasteiger partial charge in [0.15, 0.2) is 11.6 Å². The number of nitrogens with one attached hydrogen (secondary N) is 1. The van der Waals surface area contributed by atoms with Gasteiger partial charge in [-0.25, -0.2) is 4.98 Å². The normalized spacial score (nSPS) is 15.6. The predicted molar refractivity (Wildman–Crippen MR) is 78.6 cm³/mol. The highest BCUT2D eigenvalue weighted by Crippen LogP contribution is 2.23. The minimum Gasteiger partial charge on any atom is -0.377 e. The standard InChI is InChI=1S/C15H20N4O/c1-20-11-14-16-15(18-17-14)12-5-7-13(8-6-12)19-9-3-2-4-10-19/h5-8H,2-4,9-11H2,1H3,(H,16,17,18). The van der Waals surface area contributed by atoms with E-state index in [9.17, 15) is 0 Å². The molecule has 1 saturated heterocycles. The van der Waals surface area contributed by atoms with E-state index in [0.29, 0.717) is 6.61 Å². The minimum atomic E-state index is 0.457. The molecule has 1 aromatic carbocycles. The second-order valence-corrected chi connectivity index (χ2v) is 5.13. The van der Waals surface area contributed by atoms with Crippen LogP contribution in [0, 0.1) is 0 Å². The Labute approximate surface area is 119 Å². The van der Waals surface area contributed by atoms with Gasteiger partial charge in [0, 0.05) is 31.5 Å². The van der Waals surface area contributed by atoms with E-state index in [1.807, 2.05) is 0 Å². The molecule has 2 heterocycles. The molecule has 0 unspecified atom stereocenters. The molecule has 0 aliphatic carbocycles. The second-order valence-electron chi connectivity index (χ2n) is 5.13. The van der Waals surface area contributed by atoms with Gasteiger partial charge in [-0.2, -0.15) is 5.10 Å². The molecule has 1 aromatic heterocycles. The van der Waals surface area contributed by atoms with Crippen molar-refractivity contribution in [1.29, 1.82) is 0 Å². The zero-order chi connectivity index (χ0) is 13.8. The maximum absolute atomic E-state index is 5.04. The summed E-state index contributed by atoms with van der Waals surface area (Å²) in [5.41, 5.74) is 2.32. The SMILES string of the molecule is COCc1nc(-c2ccc(N3CCCCC3)cc2)n[nH]1. The van der Waals surface area contributed by atoms with Crippen LogP contribution in [0.4, 0.5) is 5.69 Å². The monoisotopic (exact) mass is 272 g/mol. The molecular weight excluding hydrogens is 252 g/mol. The number of ether oxygens (including phenoxy) is 1. The van der Waals surface area contributed by atoms with E-state index in [1.165, 1.54) is 24.9 Å². The number of aromatic amines is 1. The first-order valence-electron chi connectivity index (χ1n) is 7.12. The number of piperidine rings is 1. The number of anilines is 1. The van der Waals surface area contributed by atoms with E-state index in [0.717, 1.165) is 30.3 Å². The molecule has 5 nitrogen and oxygen atoms in total. The van der Waals surface area contributed by atoms with Gasteiger partial charge < -0.3 is 9.64 Å². The molecule has 1 aliphatic heterocycles. The van der Waals surface area contributed by atoms with Crippen molar-refractivity contribution in [2.24, 2.45) is 0 Å². The summed E-state index contributed by atoms with van der Waals surface area (Å²) in [6, 6.07) is 8.49. The maximum atomic E-state index is 5.04. The molecule has 0 spiro atoms. The van der Waals surface area contributed by atoms with Crippen LogP contribution in [0.1, 0.15) is 25.1 Å². The Morgan fingerprint density at radius 3 is 2.60 bits per heavy atom. The van der Waals surface area contributed by atoms with E-state index in [-0.39, 0.29) is 0 Å². The van der Waals surface area contributed by atoms with Gasteiger partial charge in [-0.05, 0) is 43.5 Å². The lowest BCUT2D eigenvalue weighted by atomic mass is 10.1. The molecule has 2 aromatic rings. The van der Waals surface area contributed by atoms with Crippen LogP contribution in [-0.2, 0) is 11.3 Å². The molecule has 1 aliphatic rings. The molecular formula is C15H20N4O. The van der Waals surface area contributed by atoms with Crippen LogP contribution in [0.15, 0.2) is 24.3 Å². The Morgan fingerprint density at radius 1 is 1.15 bits per heavy atom. The number of rotatable bonds is 4. The molecule has 0 radical (unpaired) electrons. The smallest absolute Gasteiger partial charge is 0.181 e. The zero-order valence-electron chi connectivity index (χ0n) is 11.8. The summed E-state index contributed by atoms with van der Waals surface area (Å²) in [7, 11) is 1.65. The first-order valence-corrected chi connectivity index (χ1v) is 7.12. The minimum absolute atomic E-state index is 0.457. The summed E-state index contributed by atoms with van der Waals surface area (Å²) in [4.78, 5) is 6.85. The van der Waals surface area contributed by atoms with E-state index in [2.05, 4.69) is 44.3 Å². The Balaban J connectivity index is 1.74. The highest BCUT2D eigenvalue weighted by atomic mass is 16.5. The van der Waals surface area contributed by atoms with Crippen LogP contribution in [0.2, 0.25) is 0 Å². The zero-order valence-corrected chi connectivity index (χ0v) is 11.8. The van der Waals surface area contributed by atoms with E-state index in [4.69, 9.17) is 4.74 Å². The first-order chi connectivity index (χ1) is 9.86. The molecule has 20 heavy (non-hydrogen) atoms. The second kappa shape index (κ2) is 6.05. The van der Waals surface area contributed by atoms with Crippen molar-refractivity contribution >= 4 is 5.69 Å². The van der Waals surface area contributed by atoms with Crippen molar-refractivity contribution in [2.75, 3.05) is 25.1 Å².